The van der Waals surface area contributed by atoms with Crippen molar-refractivity contribution in [2.45, 2.75) is 30.6 Å². The Balaban J connectivity index is 1.65. The normalized spacial score (nSPS) is 15.1. The third-order valence-electron chi connectivity index (χ3n) is 5.37. The number of carbonyl (C=O) groups is 4. The molecule has 32 heavy (non-hydrogen) atoms. The van der Waals surface area contributed by atoms with Gasteiger partial charge in [0.25, 0.3) is 0 Å². The zero-order valence-corrected chi connectivity index (χ0v) is 18.1. The van der Waals surface area contributed by atoms with E-state index in [0.29, 0.717) is 11.1 Å². The van der Waals surface area contributed by atoms with E-state index in [1.807, 2.05) is 0 Å². The highest BCUT2D eigenvalue weighted by molar-refractivity contribution is 7.91. The Hall–Kier alpha value is -3.33. The Morgan fingerprint density at radius 3 is 2.03 bits per heavy atom. The average molecular weight is 458 g/mol. The molecule has 2 aromatic carbocycles. The number of nitrogens with zero attached hydrogens (tertiary/aromatic N) is 1. The molecule has 0 aliphatic carbocycles. The second kappa shape index (κ2) is 9.86. The first-order chi connectivity index (χ1) is 15.2. The summed E-state index contributed by atoms with van der Waals surface area (Å²) in [7, 11) is -3.92. The van der Waals surface area contributed by atoms with Gasteiger partial charge in [-0.05, 0) is 37.1 Å². The lowest BCUT2D eigenvalue weighted by molar-refractivity contribution is -0.141. The minimum Gasteiger partial charge on any atom is -0.481 e. The molecule has 0 radical (unpaired) electrons. The van der Waals surface area contributed by atoms with Crippen molar-refractivity contribution >= 4 is 33.4 Å². The van der Waals surface area contributed by atoms with Crippen molar-refractivity contribution < 1.29 is 32.7 Å². The van der Waals surface area contributed by atoms with E-state index in [0.717, 1.165) is 4.90 Å². The van der Waals surface area contributed by atoms with Crippen LogP contribution >= 0.6 is 0 Å². The maximum atomic E-state index is 12.8. The molecule has 0 aromatic heterocycles. The van der Waals surface area contributed by atoms with Gasteiger partial charge in [0.2, 0.25) is 11.8 Å². The Morgan fingerprint density at radius 2 is 1.47 bits per heavy atom. The summed E-state index contributed by atoms with van der Waals surface area (Å²) in [4.78, 5) is 48.4. The number of likely N-dealkylation sites (tertiary alicyclic amines) is 1. The van der Waals surface area contributed by atoms with Crippen LogP contribution in [0.15, 0.2) is 59.5 Å². The van der Waals surface area contributed by atoms with E-state index in [9.17, 15) is 32.7 Å². The minimum atomic E-state index is -3.92. The summed E-state index contributed by atoms with van der Waals surface area (Å²) in [5, 5.41) is 9.47. The quantitative estimate of drug-likeness (QED) is 0.429. The van der Waals surface area contributed by atoms with Crippen molar-refractivity contribution in [1.29, 1.82) is 0 Å². The number of carbonyl (C=O) groups excluding carboxylic acids is 3. The molecular weight excluding hydrogens is 434 g/mol. The molecule has 1 fully saturated rings. The van der Waals surface area contributed by atoms with Crippen LogP contribution in [-0.4, -0.2) is 54.3 Å². The third kappa shape index (κ3) is 5.47. The average Bonchev–Trinajstić information content (AvgIpc) is 3.10. The number of aliphatic carboxylic acids is 1. The van der Waals surface area contributed by atoms with Gasteiger partial charge in [0.15, 0.2) is 15.6 Å². The van der Waals surface area contributed by atoms with Crippen LogP contribution in [0.25, 0.3) is 0 Å². The van der Waals surface area contributed by atoms with Crippen LogP contribution in [0, 0.1) is 5.92 Å². The van der Waals surface area contributed by atoms with E-state index in [1.54, 1.807) is 30.3 Å². The number of rotatable bonds is 10. The lowest BCUT2D eigenvalue weighted by atomic mass is 10.0. The minimum absolute atomic E-state index is 0.0101. The number of hydrogen-bond donors (Lipinski definition) is 1. The molecule has 1 N–H and O–H groups in total. The molecule has 1 heterocycles. The number of imide groups is 1. The first kappa shape index (κ1) is 23.3. The van der Waals surface area contributed by atoms with Crippen LogP contribution < -0.4 is 0 Å². The van der Waals surface area contributed by atoms with Gasteiger partial charge in [0.1, 0.15) is 0 Å². The number of hydrogen-bond acceptors (Lipinski definition) is 6. The SMILES string of the molecule is O=C(c1ccccc1)c1ccc(S(=O)(=O)CC(CCCN2C(=O)CCC2=O)C(=O)O)cc1. The number of carboxylic acids is 1. The van der Waals surface area contributed by atoms with Crippen molar-refractivity contribution in [2.24, 2.45) is 5.92 Å². The first-order valence-electron chi connectivity index (χ1n) is 10.2. The lowest BCUT2D eigenvalue weighted by Gasteiger charge is -2.16. The Kier molecular flexibility index (Phi) is 7.19. The molecule has 0 bridgehead atoms. The van der Waals surface area contributed by atoms with Crippen LogP contribution in [0.1, 0.15) is 41.6 Å². The summed E-state index contributed by atoms with van der Waals surface area (Å²) >= 11 is 0. The zero-order valence-electron chi connectivity index (χ0n) is 17.3. The standard InChI is InChI=1S/C23H23NO7S/c25-20-12-13-21(26)24(20)14-4-7-18(23(28)29)15-32(30,31)19-10-8-17(9-11-19)22(27)16-5-2-1-3-6-16/h1-3,5-6,8-11,18H,4,7,12-15H2,(H,28,29). The van der Waals surface area contributed by atoms with Crippen molar-refractivity contribution in [3.05, 3.63) is 65.7 Å². The maximum Gasteiger partial charge on any atom is 0.307 e. The van der Waals surface area contributed by atoms with Gasteiger partial charge in [-0.1, -0.05) is 30.3 Å². The molecule has 2 aromatic rings. The molecule has 168 valence electrons. The van der Waals surface area contributed by atoms with Gasteiger partial charge in [0, 0.05) is 30.5 Å². The van der Waals surface area contributed by atoms with Gasteiger partial charge in [-0.15, -0.1) is 0 Å². The molecule has 1 atom stereocenters. The van der Waals surface area contributed by atoms with Crippen LogP contribution in [-0.2, 0) is 24.2 Å². The topological polar surface area (TPSA) is 126 Å². The first-order valence-corrected chi connectivity index (χ1v) is 11.8. The van der Waals surface area contributed by atoms with Crippen LogP contribution in [0.5, 0.6) is 0 Å². The van der Waals surface area contributed by atoms with Crippen molar-refractivity contribution in [3.63, 3.8) is 0 Å². The fraction of sp³-hybridized carbons (Fsp3) is 0.304. The summed E-state index contributed by atoms with van der Waals surface area (Å²) in [5.74, 6) is -3.89. The predicted molar refractivity (Wildman–Crippen MR) is 115 cm³/mol. The van der Waals surface area contributed by atoms with E-state index in [4.69, 9.17) is 0 Å². The summed E-state index contributed by atoms with van der Waals surface area (Å²) in [6, 6.07) is 14.0. The van der Waals surface area contributed by atoms with E-state index >= 15 is 0 Å². The molecule has 2 amide bonds. The molecule has 1 saturated heterocycles. The Bertz CT molecular complexity index is 1110. The van der Waals surface area contributed by atoms with Crippen LogP contribution in [0.2, 0.25) is 0 Å². The van der Waals surface area contributed by atoms with Crippen molar-refractivity contribution in [1.82, 2.24) is 4.90 Å². The molecule has 0 saturated carbocycles. The van der Waals surface area contributed by atoms with E-state index in [-0.39, 0.29) is 54.7 Å². The van der Waals surface area contributed by atoms with E-state index < -0.39 is 27.5 Å². The molecule has 9 heteroatoms. The van der Waals surface area contributed by atoms with E-state index in [1.165, 1.54) is 24.3 Å². The maximum absolute atomic E-state index is 12.8. The lowest BCUT2D eigenvalue weighted by Crippen LogP contribution is -2.31. The Labute approximate surface area is 185 Å². The molecule has 8 nitrogen and oxygen atoms in total. The number of amides is 2. The molecule has 3 rings (SSSR count). The Morgan fingerprint density at radius 1 is 0.906 bits per heavy atom. The number of benzene rings is 2. The molecular formula is C23H23NO7S. The fourth-order valence-corrected chi connectivity index (χ4v) is 5.16. The summed E-state index contributed by atoms with van der Waals surface area (Å²) in [6.45, 7) is 0.0811. The van der Waals surface area contributed by atoms with Gasteiger partial charge < -0.3 is 5.11 Å². The van der Waals surface area contributed by atoms with E-state index in [2.05, 4.69) is 0 Å². The fourth-order valence-electron chi connectivity index (χ4n) is 3.58. The predicted octanol–water partition coefficient (Wildman–Crippen LogP) is 2.32. The second-order valence-electron chi connectivity index (χ2n) is 7.62. The summed E-state index contributed by atoms with van der Waals surface area (Å²) in [5.41, 5.74) is 0.800. The van der Waals surface area contributed by atoms with Gasteiger partial charge in [-0.2, -0.15) is 0 Å². The van der Waals surface area contributed by atoms with Gasteiger partial charge in [-0.3, -0.25) is 24.1 Å². The highest BCUT2D eigenvalue weighted by Crippen LogP contribution is 2.21. The molecule has 0 spiro atoms. The third-order valence-corrected chi connectivity index (χ3v) is 7.20. The van der Waals surface area contributed by atoms with Gasteiger partial charge in [-0.25, -0.2) is 8.42 Å². The van der Waals surface area contributed by atoms with Gasteiger partial charge >= 0.3 is 5.97 Å². The molecule has 1 unspecified atom stereocenters. The van der Waals surface area contributed by atoms with Crippen LogP contribution in [0.4, 0.5) is 0 Å². The number of ketones is 1. The number of carboxylic acid groups (broad SMARTS) is 1. The zero-order chi connectivity index (χ0) is 23.3. The highest BCUT2D eigenvalue weighted by Gasteiger charge is 2.30. The van der Waals surface area contributed by atoms with Crippen LogP contribution in [0.3, 0.4) is 0 Å². The molecule has 1 aliphatic rings. The van der Waals surface area contributed by atoms with Gasteiger partial charge in [0.05, 0.1) is 16.6 Å². The summed E-state index contributed by atoms with van der Waals surface area (Å²) < 4.78 is 25.5. The molecule has 1 aliphatic heterocycles. The number of sulfone groups is 1. The highest BCUT2D eigenvalue weighted by atomic mass is 32.2. The second-order valence-corrected chi connectivity index (χ2v) is 9.65. The van der Waals surface area contributed by atoms with Crippen molar-refractivity contribution in [3.8, 4) is 0 Å². The largest absolute Gasteiger partial charge is 0.481 e. The summed E-state index contributed by atoms with van der Waals surface area (Å²) in [6.07, 6.45) is 0.515. The smallest absolute Gasteiger partial charge is 0.307 e. The monoisotopic (exact) mass is 457 g/mol. The van der Waals surface area contributed by atoms with Crippen molar-refractivity contribution in [2.75, 3.05) is 12.3 Å².